The number of hydrogen-bond donors (Lipinski definition) is 4. The van der Waals surface area contributed by atoms with E-state index >= 15 is 0 Å². The van der Waals surface area contributed by atoms with Gasteiger partial charge in [-0.3, -0.25) is 9.98 Å². The molecular weight excluding hydrogens is 791 g/mol. The summed E-state index contributed by atoms with van der Waals surface area (Å²) in [4.78, 5) is 31.6. The molecular formula is C44H54N2O8Pd. The number of carboxylic acids is 2. The predicted molar refractivity (Wildman–Crippen MR) is 212 cm³/mol. The molecule has 10 nitrogen and oxygen atoms in total. The first-order chi connectivity index (χ1) is 26.0. The molecule has 4 rings (SSSR count). The monoisotopic (exact) mass is 844 g/mol. The van der Waals surface area contributed by atoms with Crippen molar-refractivity contribution in [1.29, 1.82) is 0 Å². The summed E-state index contributed by atoms with van der Waals surface area (Å²) in [7, 11) is 0. The van der Waals surface area contributed by atoms with E-state index in [2.05, 4.69) is 38.1 Å². The van der Waals surface area contributed by atoms with Gasteiger partial charge in [-0.2, -0.15) is 0 Å². The van der Waals surface area contributed by atoms with Crippen molar-refractivity contribution in [2.45, 2.75) is 105 Å². The second-order valence-electron chi connectivity index (χ2n) is 12.7. The molecule has 4 N–H and O–H groups in total. The molecule has 0 aliphatic heterocycles. The van der Waals surface area contributed by atoms with E-state index in [0.717, 1.165) is 74.2 Å². The Balaban J connectivity index is 0.000000428. The first kappa shape index (κ1) is 48.0. The van der Waals surface area contributed by atoms with Gasteiger partial charge in [-0.1, -0.05) is 113 Å². The Morgan fingerprint density at radius 1 is 0.527 bits per heavy atom. The van der Waals surface area contributed by atoms with E-state index in [-0.39, 0.29) is 31.5 Å². The number of unbranched alkanes of at least 4 members (excludes halogenated alkanes) is 4. The van der Waals surface area contributed by atoms with Gasteiger partial charge in [-0.05, 0) is 98.9 Å². The summed E-state index contributed by atoms with van der Waals surface area (Å²) in [6.45, 7) is 8.41. The molecule has 0 spiro atoms. The van der Waals surface area contributed by atoms with Gasteiger partial charge in [-0.15, -0.1) is 0 Å². The molecule has 0 amide bonds. The number of nitrogens with zero attached hydrogens (tertiary/aromatic N) is 2. The number of aliphatic imine (C=N–C) groups is 2. The second-order valence-corrected chi connectivity index (χ2v) is 12.7. The Kier molecular flexibility index (Phi) is 23.4. The molecule has 0 atom stereocenters. The summed E-state index contributed by atoms with van der Waals surface area (Å²) in [6, 6.07) is 25.9. The molecule has 0 heterocycles. The van der Waals surface area contributed by atoms with E-state index in [4.69, 9.17) is 30.4 Å². The van der Waals surface area contributed by atoms with Crippen LogP contribution in [0.2, 0.25) is 0 Å². The zero-order valence-electron chi connectivity index (χ0n) is 32.2. The molecule has 0 unspecified atom stereocenters. The number of aromatic hydroxyl groups is 2. The van der Waals surface area contributed by atoms with E-state index in [9.17, 15) is 19.8 Å². The van der Waals surface area contributed by atoms with Gasteiger partial charge >= 0.3 is 32.4 Å². The predicted octanol–water partition coefficient (Wildman–Crippen LogP) is 9.92. The number of carbonyl (C=O) groups is 2. The summed E-state index contributed by atoms with van der Waals surface area (Å²) in [5, 5.41) is 58.7. The number of para-hydroxylation sites is 2. The van der Waals surface area contributed by atoms with Gasteiger partial charge in [0.05, 0.1) is 33.9 Å². The van der Waals surface area contributed by atoms with Crippen LogP contribution in [0, 0.1) is 0 Å². The molecule has 0 saturated heterocycles. The third kappa shape index (κ3) is 16.5. The quantitative estimate of drug-likeness (QED) is 0.0597. The number of benzene rings is 4. The summed E-state index contributed by atoms with van der Waals surface area (Å²) < 4.78 is 0. The number of carboxylic acid groups (broad SMARTS) is 2. The zero-order chi connectivity index (χ0) is 39.9. The molecule has 4 aromatic rings. The van der Waals surface area contributed by atoms with Crippen molar-refractivity contribution in [1.82, 2.24) is 0 Å². The van der Waals surface area contributed by atoms with Crippen molar-refractivity contribution in [3.05, 3.63) is 107 Å². The van der Waals surface area contributed by atoms with Gasteiger partial charge < -0.3 is 30.6 Å². The fourth-order valence-electron chi connectivity index (χ4n) is 5.38. The maximum Gasteiger partial charge on any atom is 2.00 e. The molecule has 0 saturated carbocycles. The van der Waals surface area contributed by atoms with Crippen molar-refractivity contribution < 1.29 is 60.7 Å². The summed E-state index contributed by atoms with van der Waals surface area (Å²) in [5.74, 6) is -5.16. The normalized spacial score (nSPS) is 11.0. The van der Waals surface area contributed by atoms with Crippen LogP contribution in [0.4, 0.5) is 11.4 Å². The van der Waals surface area contributed by atoms with Crippen LogP contribution in [0.15, 0.2) is 94.9 Å². The van der Waals surface area contributed by atoms with Gasteiger partial charge in [-0.25, -0.2) is 9.59 Å². The van der Waals surface area contributed by atoms with Crippen molar-refractivity contribution in [3.63, 3.8) is 0 Å². The summed E-state index contributed by atoms with van der Waals surface area (Å²) in [5.41, 5.74) is 4.69. The Labute approximate surface area is 339 Å². The van der Waals surface area contributed by atoms with Gasteiger partial charge in [0.2, 0.25) is 0 Å². The molecule has 0 aliphatic rings. The fourth-order valence-corrected chi connectivity index (χ4v) is 5.38. The number of phenolic OH excluding ortho intramolecular Hbond substituents is 2. The van der Waals surface area contributed by atoms with Crippen LogP contribution in [0.5, 0.6) is 23.0 Å². The van der Waals surface area contributed by atoms with Crippen molar-refractivity contribution in [2.24, 2.45) is 9.98 Å². The molecule has 0 aliphatic carbocycles. The van der Waals surface area contributed by atoms with E-state index in [1.807, 2.05) is 50.2 Å². The number of aromatic carboxylic acids is 2. The maximum absolute atomic E-state index is 11.4. The van der Waals surface area contributed by atoms with Crippen LogP contribution in [0.3, 0.4) is 0 Å². The van der Waals surface area contributed by atoms with Crippen LogP contribution in [-0.2, 0) is 33.3 Å². The average Bonchev–Trinajstić information content (AvgIpc) is 3.17. The van der Waals surface area contributed by atoms with Crippen LogP contribution >= 0.6 is 0 Å². The Morgan fingerprint density at radius 3 is 1.15 bits per heavy atom. The molecule has 0 aromatic heterocycles. The van der Waals surface area contributed by atoms with Crippen molar-refractivity contribution in [3.8, 4) is 23.0 Å². The Bertz CT molecular complexity index is 1680. The fraction of sp³-hybridized carbons (Fsp3) is 0.364. The number of aryl methyl sites for hydroxylation is 2. The summed E-state index contributed by atoms with van der Waals surface area (Å²) >= 11 is 0. The Hall–Kier alpha value is -4.98. The van der Waals surface area contributed by atoms with Crippen LogP contribution < -0.4 is 10.2 Å². The smallest absolute Gasteiger partial charge is 0.869 e. The zero-order valence-corrected chi connectivity index (χ0v) is 33.8. The van der Waals surface area contributed by atoms with Crippen LogP contribution in [0.25, 0.3) is 0 Å². The van der Waals surface area contributed by atoms with Crippen molar-refractivity contribution in [2.75, 3.05) is 0 Å². The number of rotatable bonds is 17. The minimum Gasteiger partial charge on any atom is -0.869 e. The van der Waals surface area contributed by atoms with Gasteiger partial charge in [0, 0.05) is 0 Å². The number of phenols is 2. The third-order valence-electron chi connectivity index (χ3n) is 8.38. The standard InChI is InChI=1S/C22H28N2.2C11H14O4.Pd/c1-3-5-17-21(23-19-13-9-7-10-14-19)22(18-6-4-2)24-20-15-11-8-12-16-20;2*1-2-3-4-7-5-6-8(12)10(13)9(7)11(14)15;/h7-16H,3-6,17-18H2,1-2H3;2*5-6,12-13H,2-4H2,1H3,(H,14,15);/q;;;+2/p-2. The molecule has 0 bridgehead atoms. The van der Waals surface area contributed by atoms with Crippen molar-refractivity contribution >= 4 is 34.7 Å². The third-order valence-corrected chi connectivity index (χ3v) is 8.38. The SMILES string of the molecule is CCCCC(=Nc1ccccc1)C(CCCC)=Nc1ccccc1.CCCCc1ccc(O)c([O-])c1C(=O)O.CCCCc1ccc(O)c([O-])c1C(=O)O.[Pd+2]. The minimum absolute atomic E-state index is 0. The van der Waals surface area contributed by atoms with Crippen LogP contribution in [-0.4, -0.2) is 43.8 Å². The van der Waals surface area contributed by atoms with E-state index in [0.29, 0.717) is 24.0 Å². The topological polar surface area (TPSA) is 186 Å². The summed E-state index contributed by atoms with van der Waals surface area (Å²) in [6.07, 6.45) is 11.2. The number of hydrogen-bond acceptors (Lipinski definition) is 8. The average molecular weight is 845 g/mol. The molecule has 55 heavy (non-hydrogen) atoms. The van der Waals surface area contributed by atoms with E-state index in [1.165, 1.54) is 37.1 Å². The van der Waals surface area contributed by atoms with Gasteiger partial charge in [0.1, 0.15) is 11.5 Å². The maximum atomic E-state index is 11.4. The second kappa shape index (κ2) is 26.7. The minimum atomic E-state index is -1.28. The molecule has 11 heteroatoms. The van der Waals surface area contributed by atoms with Gasteiger partial charge in [0.25, 0.3) is 0 Å². The van der Waals surface area contributed by atoms with Gasteiger partial charge in [0.15, 0.2) is 0 Å². The van der Waals surface area contributed by atoms with E-state index in [1.54, 1.807) is 0 Å². The van der Waals surface area contributed by atoms with E-state index < -0.39 is 34.9 Å². The Morgan fingerprint density at radius 2 is 0.855 bits per heavy atom. The first-order valence-electron chi connectivity index (χ1n) is 18.7. The molecule has 4 aromatic carbocycles. The largest absolute Gasteiger partial charge is 2.00 e. The van der Waals surface area contributed by atoms with Crippen LogP contribution in [0.1, 0.15) is 124 Å². The molecule has 298 valence electrons. The molecule has 0 fully saturated rings. The first-order valence-corrected chi connectivity index (χ1v) is 18.7. The molecule has 0 radical (unpaired) electrons.